The first-order chi connectivity index (χ1) is 14.3. The molecule has 0 unspecified atom stereocenters. The highest BCUT2D eigenvalue weighted by Crippen LogP contribution is 2.42. The van der Waals surface area contributed by atoms with Gasteiger partial charge in [0.2, 0.25) is 5.91 Å². The lowest BCUT2D eigenvalue weighted by Crippen LogP contribution is -2.66. The average Bonchev–Trinajstić information content (AvgIpc) is 2.67. The molecule has 166 valence electrons. The molecule has 0 radical (unpaired) electrons. The second-order valence-corrected chi connectivity index (χ2v) is 10.4. The van der Waals surface area contributed by atoms with E-state index in [0.29, 0.717) is 34.8 Å². The van der Waals surface area contributed by atoms with Gasteiger partial charge in [0.15, 0.2) is 0 Å². The van der Waals surface area contributed by atoms with E-state index in [1.54, 1.807) is 0 Å². The number of piperidine rings is 3. The maximum atomic E-state index is 12.8. The van der Waals surface area contributed by atoms with Gasteiger partial charge in [0, 0.05) is 44.7 Å². The van der Waals surface area contributed by atoms with Crippen LogP contribution in [0.5, 0.6) is 5.75 Å². The van der Waals surface area contributed by atoms with Crippen molar-refractivity contribution in [2.24, 2.45) is 11.8 Å². The summed E-state index contributed by atoms with van der Waals surface area (Å²) in [4.78, 5) is 20.0. The van der Waals surface area contributed by atoms with Gasteiger partial charge in [-0.15, -0.1) is 0 Å². The van der Waals surface area contributed by atoms with Crippen molar-refractivity contribution in [2.75, 3.05) is 33.7 Å². The van der Waals surface area contributed by atoms with E-state index in [0.717, 1.165) is 51.2 Å². The van der Waals surface area contributed by atoms with Crippen LogP contribution in [0.2, 0.25) is 5.02 Å². The Morgan fingerprint density at radius 2 is 2.00 bits per heavy atom. The number of carbonyl (C=O) groups excluding carboxylic acids is 1. The zero-order valence-electron chi connectivity index (χ0n) is 18.8. The van der Waals surface area contributed by atoms with Gasteiger partial charge in [-0.25, -0.2) is 0 Å². The topological polar surface area (TPSA) is 36.0 Å². The summed E-state index contributed by atoms with van der Waals surface area (Å²) in [6, 6.07) is 6.95. The Morgan fingerprint density at radius 1 is 1.23 bits per heavy atom. The average molecular weight is 434 g/mol. The lowest BCUT2D eigenvalue weighted by atomic mass is 9.72. The number of likely N-dealkylation sites (N-methyl/N-ethyl adjacent to an activating group) is 1. The third kappa shape index (κ3) is 4.63. The monoisotopic (exact) mass is 433 g/mol. The predicted octanol–water partition coefficient (Wildman–Crippen LogP) is 3.89. The Labute approximate surface area is 186 Å². The number of ether oxygens (including phenoxy) is 1. The number of hydrogen-bond acceptors (Lipinski definition) is 4. The summed E-state index contributed by atoms with van der Waals surface area (Å²) in [7, 11) is 4.25. The molecule has 2 bridgehead atoms. The molecule has 5 nitrogen and oxygen atoms in total. The van der Waals surface area contributed by atoms with E-state index in [2.05, 4.69) is 40.9 Å². The third-order valence-corrected chi connectivity index (χ3v) is 7.19. The van der Waals surface area contributed by atoms with E-state index in [4.69, 9.17) is 16.3 Å². The van der Waals surface area contributed by atoms with Gasteiger partial charge < -0.3 is 14.5 Å². The van der Waals surface area contributed by atoms with Gasteiger partial charge in [-0.05, 0) is 76.7 Å². The lowest BCUT2D eigenvalue weighted by Gasteiger charge is -2.57. The van der Waals surface area contributed by atoms with Crippen LogP contribution in [-0.4, -0.2) is 72.5 Å². The minimum atomic E-state index is 0.115. The van der Waals surface area contributed by atoms with Crippen LogP contribution in [0, 0.1) is 11.8 Å². The van der Waals surface area contributed by atoms with Gasteiger partial charge in [0.25, 0.3) is 0 Å². The number of fused-ring (bicyclic) bond motifs is 4. The smallest absolute Gasteiger partial charge is 0.223 e. The summed E-state index contributed by atoms with van der Waals surface area (Å²) in [6.45, 7) is 8.01. The van der Waals surface area contributed by atoms with Crippen LogP contribution in [0.4, 0.5) is 0 Å². The first-order valence-electron chi connectivity index (χ1n) is 11.4. The van der Waals surface area contributed by atoms with Crippen molar-refractivity contribution < 1.29 is 9.53 Å². The Balaban J connectivity index is 1.50. The molecule has 6 heteroatoms. The zero-order valence-corrected chi connectivity index (χ0v) is 19.6. The number of benzene rings is 1. The fourth-order valence-corrected chi connectivity index (χ4v) is 6.11. The number of carbonyl (C=O) groups is 1. The van der Waals surface area contributed by atoms with Gasteiger partial charge >= 0.3 is 0 Å². The summed E-state index contributed by atoms with van der Waals surface area (Å²) in [6.07, 6.45) is 4.30. The molecule has 3 heterocycles. The van der Waals surface area contributed by atoms with E-state index < -0.39 is 0 Å². The fraction of sp³-hybridized carbons (Fsp3) is 0.708. The first kappa shape index (κ1) is 21.9. The Morgan fingerprint density at radius 3 is 2.70 bits per heavy atom. The number of hydrogen-bond donors (Lipinski definition) is 0. The highest BCUT2D eigenvalue weighted by atomic mass is 35.5. The van der Waals surface area contributed by atoms with Crippen LogP contribution < -0.4 is 4.74 Å². The van der Waals surface area contributed by atoms with Crippen LogP contribution in [0.1, 0.15) is 45.1 Å². The van der Waals surface area contributed by atoms with E-state index in [1.165, 1.54) is 12.0 Å². The van der Waals surface area contributed by atoms with Crippen LogP contribution in [0.3, 0.4) is 0 Å². The fourth-order valence-electron chi connectivity index (χ4n) is 5.86. The second kappa shape index (κ2) is 9.05. The highest BCUT2D eigenvalue weighted by molar-refractivity contribution is 6.32. The van der Waals surface area contributed by atoms with E-state index in [9.17, 15) is 4.79 Å². The molecule has 30 heavy (non-hydrogen) atoms. The molecule has 1 aromatic carbocycles. The number of rotatable bonds is 6. The molecule has 3 aliphatic rings. The van der Waals surface area contributed by atoms with Gasteiger partial charge in [-0.3, -0.25) is 9.69 Å². The summed E-state index contributed by atoms with van der Waals surface area (Å²) in [5.74, 6) is 2.27. The molecule has 4 atom stereocenters. The minimum absolute atomic E-state index is 0.115. The molecule has 0 N–H and O–H groups in total. The standard InChI is InChI=1S/C24H36ClN3O2/c1-16(2)30-23-9-8-17(10-20(23)25)12-27-13-18-11-19(14-27)22(15-26(3)4)28-21(18)6-5-7-24(28)29/h8-10,16,18-19,21-22H,5-7,11-15H2,1-4H3/t18-,19+,21+,22+/m1/s1. The molecule has 3 aliphatic heterocycles. The second-order valence-electron chi connectivity index (χ2n) is 9.97. The van der Waals surface area contributed by atoms with Gasteiger partial charge in [0.05, 0.1) is 11.1 Å². The lowest BCUT2D eigenvalue weighted by molar-refractivity contribution is -0.153. The van der Waals surface area contributed by atoms with Crippen molar-refractivity contribution in [3.63, 3.8) is 0 Å². The highest BCUT2D eigenvalue weighted by Gasteiger charge is 2.49. The zero-order chi connectivity index (χ0) is 21.4. The summed E-state index contributed by atoms with van der Waals surface area (Å²) in [5.41, 5.74) is 1.23. The number of amides is 1. The van der Waals surface area contributed by atoms with Gasteiger partial charge in [-0.2, -0.15) is 0 Å². The molecule has 0 spiro atoms. The molecule has 4 rings (SSSR count). The molecule has 0 aliphatic carbocycles. The van der Waals surface area contributed by atoms with Crippen LogP contribution in [-0.2, 0) is 11.3 Å². The molecular formula is C24H36ClN3O2. The van der Waals surface area contributed by atoms with Crippen molar-refractivity contribution in [3.8, 4) is 5.75 Å². The quantitative estimate of drug-likeness (QED) is 0.681. The summed E-state index contributed by atoms with van der Waals surface area (Å²) >= 11 is 6.48. The number of halogens is 1. The molecule has 3 saturated heterocycles. The molecule has 0 aromatic heterocycles. The summed E-state index contributed by atoms with van der Waals surface area (Å²) in [5, 5.41) is 0.688. The SMILES string of the molecule is CC(C)Oc1ccc(CN2C[C@H]3C[C@@H](C2)[C@H](CN(C)C)N2C(=O)CCC[C@@H]32)cc1Cl. The predicted molar refractivity (Wildman–Crippen MR) is 121 cm³/mol. The Kier molecular flexibility index (Phi) is 6.61. The van der Waals surface area contributed by atoms with Crippen molar-refractivity contribution >= 4 is 17.5 Å². The van der Waals surface area contributed by atoms with Crippen LogP contribution in [0.25, 0.3) is 0 Å². The molecule has 0 saturated carbocycles. The van der Waals surface area contributed by atoms with Crippen molar-refractivity contribution in [1.82, 2.24) is 14.7 Å². The van der Waals surface area contributed by atoms with Crippen molar-refractivity contribution in [2.45, 2.75) is 64.3 Å². The van der Waals surface area contributed by atoms with E-state index in [1.807, 2.05) is 19.9 Å². The number of nitrogens with zero attached hydrogens (tertiary/aromatic N) is 3. The summed E-state index contributed by atoms with van der Waals surface area (Å²) < 4.78 is 5.78. The normalized spacial score (nSPS) is 29.4. The Hall–Kier alpha value is -1.30. The van der Waals surface area contributed by atoms with Gasteiger partial charge in [-0.1, -0.05) is 17.7 Å². The van der Waals surface area contributed by atoms with Crippen molar-refractivity contribution in [3.05, 3.63) is 28.8 Å². The Bertz CT molecular complexity index is 769. The molecule has 1 amide bonds. The van der Waals surface area contributed by atoms with Crippen LogP contribution in [0.15, 0.2) is 18.2 Å². The van der Waals surface area contributed by atoms with E-state index in [-0.39, 0.29) is 6.10 Å². The molecular weight excluding hydrogens is 398 g/mol. The third-order valence-electron chi connectivity index (χ3n) is 6.89. The van der Waals surface area contributed by atoms with Crippen LogP contribution >= 0.6 is 11.6 Å². The largest absolute Gasteiger partial charge is 0.489 e. The maximum Gasteiger partial charge on any atom is 0.223 e. The van der Waals surface area contributed by atoms with Crippen molar-refractivity contribution in [1.29, 1.82) is 0 Å². The first-order valence-corrected chi connectivity index (χ1v) is 11.8. The van der Waals surface area contributed by atoms with Gasteiger partial charge in [0.1, 0.15) is 5.75 Å². The minimum Gasteiger partial charge on any atom is -0.489 e. The van der Waals surface area contributed by atoms with E-state index >= 15 is 0 Å². The maximum absolute atomic E-state index is 12.8. The molecule has 3 fully saturated rings. The number of likely N-dealkylation sites (tertiary alicyclic amines) is 1. The molecule has 1 aromatic rings.